The van der Waals surface area contributed by atoms with Gasteiger partial charge in [-0.15, -0.1) is 0 Å². The second-order valence-corrected chi connectivity index (χ2v) is 4.97. The summed E-state index contributed by atoms with van der Waals surface area (Å²) < 4.78 is 5.50. The van der Waals surface area contributed by atoms with Crippen molar-refractivity contribution in [2.75, 3.05) is 19.7 Å². The fourth-order valence-corrected chi connectivity index (χ4v) is 2.59. The summed E-state index contributed by atoms with van der Waals surface area (Å²) in [6, 6.07) is 0.564. The van der Waals surface area contributed by atoms with Gasteiger partial charge in [-0.25, -0.2) is 4.79 Å². The van der Waals surface area contributed by atoms with Crippen LogP contribution < -0.4 is 0 Å². The molecule has 2 unspecified atom stereocenters. The Kier molecular flexibility index (Phi) is 4.36. The number of aliphatic carboxylic acids is 1. The van der Waals surface area contributed by atoms with E-state index in [9.17, 15) is 4.79 Å². The molecule has 98 valence electrons. The average molecular weight is 243 g/mol. The fourth-order valence-electron chi connectivity index (χ4n) is 2.59. The Morgan fingerprint density at radius 3 is 2.53 bits per heavy atom. The second kappa shape index (κ2) is 5.80. The summed E-state index contributed by atoms with van der Waals surface area (Å²) in [6.07, 6.45) is 4.45. The molecule has 2 fully saturated rings. The highest BCUT2D eigenvalue weighted by atomic mass is 16.5. The van der Waals surface area contributed by atoms with Gasteiger partial charge in [0.1, 0.15) is 0 Å². The Hall–Kier alpha value is -0.650. The van der Waals surface area contributed by atoms with Crippen LogP contribution in [-0.2, 0) is 9.53 Å². The minimum atomic E-state index is -0.857. The number of ether oxygens (including phenoxy) is 1. The molecule has 17 heavy (non-hydrogen) atoms. The lowest BCUT2D eigenvalue weighted by molar-refractivity contribution is -0.150. The first-order valence-corrected chi connectivity index (χ1v) is 6.44. The molecule has 0 bridgehead atoms. The third kappa shape index (κ3) is 3.18. The van der Waals surface area contributed by atoms with Gasteiger partial charge in [0.25, 0.3) is 0 Å². The van der Waals surface area contributed by atoms with E-state index >= 15 is 0 Å². The summed E-state index contributed by atoms with van der Waals surface area (Å²) >= 11 is 0. The van der Waals surface area contributed by atoms with Gasteiger partial charge in [0.2, 0.25) is 0 Å². The maximum absolute atomic E-state index is 10.8. The van der Waals surface area contributed by atoms with Gasteiger partial charge in [-0.3, -0.25) is 4.90 Å². The second-order valence-electron chi connectivity index (χ2n) is 4.97. The van der Waals surface area contributed by atoms with E-state index < -0.39 is 12.1 Å². The summed E-state index contributed by atoms with van der Waals surface area (Å²) in [6.45, 7) is 1.59. The van der Waals surface area contributed by atoms with Gasteiger partial charge in [0.05, 0.1) is 12.7 Å². The van der Waals surface area contributed by atoms with Crippen LogP contribution in [0.25, 0.3) is 0 Å². The van der Waals surface area contributed by atoms with Gasteiger partial charge in [0.15, 0.2) is 6.10 Å². The number of rotatable bonds is 6. The van der Waals surface area contributed by atoms with E-state index in [-0.39, 0.29) is 12.7 Å². The van der Waals surface area contributed by atoms with Crippen LogP contribution in [0.15, 0.2) is 0 Å². The Bertz CT molecular complexity index is 267. The number of carboxylic acid groups (broad SMARTS) is 1. The maximum atomic E-state index is 10.8. The van der Waals surface area contributed by atoms with E-state index in [1.165, 1.54) is 19.3 Å². The molecule has 1 heterocycles. The fraction of sp³-hybridized carbons (Fsp3) is 0.917. The molecule has 1 aliphatic heterocycles. The number of carboxylic acids is 1. The quantitative estimate of drug-likeness (QED) is 0.709. The highest BCUT2D eigenvalue weighted by molar-refractivity contribution is 5.72. The van der Waals surface area contributed by atoms with Crippen LogP contribution in [0, 0.1) is 0 Å². The van der Waals surface area contributed by atoms with Crippen LogP contribution in [0.1, 0.15) is 32.1 Å². The molecule has 1 aliphatic carbocycles. The Morgan fingerprint density at radius 2 is 2.06 bits per heavy atom. The lowest BCUT2D eigenvalue weighted by Gasteiger charge is -2.38. The largest absolute Gasteiger partial charge is 0.479 e. The SMILES string of the molecule is O=C(O)C1CCC(CN(CCO)C2CCC2)O1. The van der Waals surface area contributed by atoms with E-state index in [1.54, 1.807) is 0 Å². The highest BCUT2D eigenvalue weighted by Gasteiger charge is 2.33. The summed E-state index contributed by atoms with van der Waals surface area (Å²) in [5.74, 6) is -0.857. The van der Waals surface area contributed by atoms with E-state index in [1.807, 2.05) is 0 Å². The molecule has 0 spiro atoms. The van der Waals surface area contributed by atoms with Gasteiger partial charge in [0, 0.05) is 19.1 Å². The number of aliphatic hydroxyl groups is 1. The predicted octanol–water partition coefficient (Wildman–Crippen LogP) is 0.465. The van der Waals surface area contributed by atoms with E-state index in [0.717, 1.165) is 13.0 Å². The topological polar surface area (TPSA) is 70.0 Å². The van der Waals surface area contributed by atoms with Gasteiger partial charge >= 0.3 is 5.97 Å². The first-order valence-electron chi connectivity index (χ1n) is 6.44. The number of hydrogen-bond donors (Lipinski definition) is 2. The monoisotopic (exact) mass is 243 g/mol. The van der Waals surface area contributed by atoms with Gasteiger partial charge in [-0.1, -0.05) is 6.42 Å². The van der Waals surface area contributed by atoms with Crippen LogP contribution in [0.4, 0.5) is 0 Å². The van der Waals surface area contributed by atoms with Gasteiger partial charge in [-0.05, 0) is 25.7 Å². The van der Waals surface area contributed by atoms with Gasteiger partial charge < -0.3 is 14.9 Å². The van der Waals surface area contributed by atoms with Crippen molar-refractivity contribution < 1.29 is 19.7 Å². The van der Waals surface area contributed by atoms with Crippen molar-refractivity contribution in [3.8, 4) is 0 Å². The van der Waals surface area contributed by atoms with Crippen LogP contribution in [0.2, 0.25) is 0 Å². The number of hydrogen-bond acceptors (Lipinski definition) is 4. The normalized spacial score (nSPS) is 29.5. The summed E-state index contributed by atoms with van der Waals surface area (Å²) in [5.41, 5.74) is 0. The first kappa shape index (κ1) is 12.8. The van der Waals surface area contributed by atoms with Crippen molar-refractivity contribution in [3.63, 3.8) is 0 Å². The van der Waals surface area contributed by atoms with Crippen LogP contribution in [0.5, 0.6) is 0 Å². The molecule has 2 N–H and O–H groups in total. The molecule has 2 aliphatic rings. The molecule has 1 saturated heterocycles. The molecule has 0 aromatic carbocycles. The molecule has 5 heteroatoms. The summed E-state index contributed by atoms with van der Waals surface area (Å²) in [7, 11) is 0. The molecule has 2 atom stereocenters. The van der Waals surface area contributed by atoms with E-state index in [2.05, 4.69) is 4.90 Å². The number of carbonyl (C=O) groups is 1. The third-order valence-corrected chi connectivity index (χ3v) is 3.80. The summed E-state index contributed by atoms with van der Waals surface area (Å²) in [5, 5.41) is 17.9. The number of nitrogens with zero attached hydrogens (tertiary/aromatic N) is 1. The van der Waals surface area contributed by atoms with Crippen molar-refractivity contribution in [3.05, 3.63) is 0 Å². The summed E-state index contributed by atoms with van der Waals surface area (Å²) in [4.78, 5) is 13.0. The van der Waals surface area contributed by atoms with Gasteiger partial charge in [-0.2, -0.15) is 0 Å². The molecule has 5 nitrogen and oxygen atoms in total. The van der Waals surface area contributed by atoms with Crippen LogP contribution in [0.3, 0.4) is 0 Å². The Morgan fingerprint density at radius 1 is 1.29 bits per heavy atom. The molecule has 0 aromatic heterocycles. The van der Waals surface area contributed by atoms with Crippen molar-refractivity contribution in [1.82, 2.24) is 4.90 Å². The average Bonchev–Trinajstić information content (AvgIpc) is 2.64. The van der Waals surface area contributed by atoms with Crippen LogP contribution in [-0.4, -0.2) is 59.0 Å². The smallest absolute Gasteiger partial charge is 0.332 e. The zero-order valence-corrected chi connectivity index (χ0v) is 10.0. The number of aliphatic hydroxyl groups excluding tert-OH is 1. The third-order valence-electron chi connectivity index (χ3n) is 3.80. The Labute approximate surface area is 101 Å². The van der Waals surface area contributed by atoms with Crippen molar-refractivity contribution in [2.45, 2.75) is 50.4 Å². The first-order chi connectivity index (χ1) is 8.20. The lowest BCUT2D eigenvalue weighted by Crippen LogP contribution is -2.45. The molecule has 0 amide bonds. The maximum Gasteiger partial charge on any atom is 0.332 e. The standard InChI is InChI=1S/C12H21NO4/c14-7-6-13(9-2-1-3-9)8-10-4-5-11(17-10)12(15)16/h9-11,14H,1-8H2,(H,15,16). The van der Waals surface area contributed by atoms with Crippen LogP contribution >= 0.6 is 0 Å². The zero-order valence-electron chi connectivity index (χ0n) is 10.0. The lowest BCUT2D eigenvalue weighted by atomic mass is 9.91. The Balaban J connectivity index is 1.80. The minimum absolute atomic E-state index is 0.0169. The van der Waals surface area contributed by atoms with Crippen molar-refractivity contribution >= 4 is 5.97 Å². The minimum Gasteiger partial charge on any atom is -0.479 e. The molecular weight excluding hydrogens is 222 g/mol. The highest BCUT2D eigenvalue weighted by Crippen LogP contribution is 2.27. The molecular formula is C12H21NO4. The predicted molar refractivity (Wildman–Crippen MR) is 61.8 cm³/mol. The van der Waals surface area contributed by atoms with Crippen molar-refractivity contribution in [2.24, 2.45) is 0 Å². The molecule has 0 aromatic rings. The van der Waals surface area contributed by atoms with E-state index in [0.29, 0.717) is 19.0 Å². The van der Waals surface area contributed by atoms with Crippen molar-refractivity contribution in [1.29, 1.82) is 0 Å². The molecule has 0 radical (unpaired) electrons. The zero-order chi connectivity index (χ0) is 12.3. The van der Waals surface area contributed by atoms with E-state index in [4.69, 9.17) is 14.9 Å². The molecule has 2 rings (SSSR count). The molecule has 1 saturated carbocycles.